The molecule has 8 heteroatoms. The first-order valence-corrected chi connectivity index (χ1v) is 16.8. The molecule has 4 aromatic carbocycles. The van der Waals surface area contributed by atoms with Gasteiger partial charge >= 0.3 is 11.9 Å². The molecule has 7 nitrogen and oxygen atoms in total. The highest BCUT2D eigenvalue weighted by Gasteiger charge is 2.51. The quantitative estimate of drug-likeness (QED) is 0.0628. The third-order valence-electron chi connectivity index (χ3n) is 7.91. The van der Waals surface area contributed by atoms with Crippen LogP contribution in [0.4, 0.5) is 0 Å². The number of rotatable bonds is 17. The van der Waals surface area contributed by atoms with E-state index >= 15 is 0 Å². The summed E-state index contributed by atoms with van der Waals surface area (Å²) < 4.78 is 12.3. The summed E-state index contributed by atoms with van der Waals surface area (Å²) in [5.41, 5.74) is -0.200. The molecule has 0 aliphatic rings. The molecule has 0 bridgehead atoms. The van der Waals surface area contributed by atoms with E-state index in [4.69, 9.17) is 9.47 Å². The first-order chi connectivity index (χ1) is 22.9. The molecule has 0 spiro atoms. The summed E-state index contributed by atoms with van der Waals surface area (Å²) in [5, 5.41) is 0. The molecule has 4 aromatic rings. The van der Waals surface area contributed by atoms with Crippen LogP contribution in [0.5, 0.6) is 0 Å². The van der Waals surface area contributed by atoms with Crippen molar-refractivity contribution in [3.05, 3.63) is 142 Å². The van der Waals surface area contributed by atoms with Gasteiger partial charge in [-0.25, -0.2) is 4.79 Å². The predicted octanol–water partition coefficient (Wildman–Crippen LogP) is 8.16. The van der Waals surface area contributed by atoms with E-state index in [1.165, 1.54) is 4.90 Å². The van der Waals surface area contributed by atoms with Crippen molar-refractivity contribution < 1.29 is 28.7 Å². The van der Waals surface area contributed by atoms with Gasteiger partial charge in [0.25, 0.3) is 5.91 Å². The van der Waals surface area contributed by atoms with Gasteiger partial charge < -0.3 is 14.4 Å². The average molecular weight is 699 g/mol. The van der Waals surface area contributed by atoms with E-state index in [2.05, 4.69) is 22.9 Å². The zero-order chi connectivity index (χ0) is 33.5. The first-order valence-electron chi connectivity index (χ1n) is 16.0. The minimum atomic E-state index is -1.83. The van der Waals surface area contributed by atoms with Crippen LogP contribution < -0.4 is 0 Å². The number of Topliss-reactive ketones (excluding diaryl/α,β-unsaturated/α-hetero) is 1. The van der Waals surface area contributed by atoms with Crippen LogP contribution in [-0.4, -0.2) is 48.3 Å². The first kappa shape index (κ1) is 35.3. The lowest BCUT2D eigenvalue weighted by atomic mass is 9.80. The fraction of sp³-hybridized carbons (Fsp3) is 0.282. The van der Waals surface area contributed by atoms with Crippen LogP contribution >= 0.6 is 15.9 Å². The van der Waals surface area contributed by atoms with E-state index in [1.807, 2.05) is 12.1 Å². The second kappa shape index (κ2) is 18.0. The van der Waals surface area contributed by atoms with Crippen molar-refractivity contribution in [2.75, 3.05) is 19.8 Å². The molecule has 0 radical (unpaired) electrons. The van der Waals surface area contributed by atoms with Gasteiger partial charge in [0.05, 0.1) is 6.54 Å². The maximum atomic E-state index is 14.7. The summed E-state index contributed by atoms with van der Waals surface area (Å²) in [4.78, 5) is 56.4. The van der Waals surface area contributed by atoms with Crippen LogP contribution in [0.3, 0.4) is 0 Å². The number of unbranched alkanes of at least 4 members (excludes halogenated alkanes) is 4. The predicted molar refractivity (Wildman–Crippen MR) is 185 cm³/mol. The number of carbonyl (C=O) groups is 4. The van der Waals surface area contributed by atoms with E-state index in [0.717, 1.165) is 36.6 Å². The third-order valence-corrected chi connectivity index (χ3v) is 8.44. The Hall–Kier alpha value is -4.56. The van der Waals surface area contributed by atoms with Gasteiger partial charge in [-0.1, -0.05) is 140 Å². The SMILES string of the molecule is CCCCCCCC(=O)OCCN(C(=O)c1ccccc1)C(C(=O)OCC(=O)c1ccc(Br)cc1)(c1ccccc1)c1ccccc1. The maximum Gasteiger partial charge on any atom is 0.342 e. The molecule has 0 heterocycles. The van der Waals surface area contributed by atoms with Gasteiger partial charge in [-0.05, 0) is 41.8 Å². The van der Waals surface area contributed by atoms with Crippen molar-refractivity contribution >= 4 is 39.6 Å². The van der Waals surface area contributed by atoms with Gasteiger partial charge in [0, 0.05) is 22.0 Å². The second-order valence-corrected chi connectivity index (χ2v) is 12.1. The van der Waals surface area contributed by atoms with E-state index in [1.54, 1.807) is 103 Å². The minimum absolute atomic E-state index is 0.116. The Balaban J connectivity index is 1.73. The molecule has 244 valence electrons. The van der Waals surface area contributed by atoms with Gasteiger partial charge in [0.1, 0.15) is 6.61 Å². The molecule has 0 aliphatic heterocycles. The molecule has 0 unspecified atom stereocenters. The highest BCUT2D eigenvalue weighted by molar-refractivity contribution is 9.10. The number of hydrogen-bond donors (Lipinski definition) is 0. The number of esters is 2. The zero-order valence-corrected chi connectivity index (χ0v) is 28.2. The van der Waals surface area contributed by atoms with Crippen molar-refractivity contribution in [3.63, 3.8) is 0 Å². The second-order valence-electron chi connectivity index (χ2n) is 11.2. The average Bonchev–Trinajstić information content (AvgIpc) is 3.11. The normalized spacial score (nSPS) is 11.0. The molecular formula is C39H40BrNO6. The Morgan fingerprint density at radius 3 is 1.79 bits per heavy atom. The van der Waals surface area contributed by atoms with Gasteiger partial charge in [-0.15, -0.1) is 0 Å². The molecule has 47 heavy (non-hydrogen) atoms. The molecule has 0 saturated heterocycles. The van der Waals surface area contributed by atoms with E-state index in [9.17, 15) is 19.2 Å². The van der Waals surface area contributed by atoms with E-state index < -0.39 is 29.8 Å². The molecular weight excluding hydrogens is 658 g/mol. The molecule has 0 aliphatic carbocycles. The number of nitrogens with zero attached hydrogens (tertiary/aromatic N) is 1. The van der Waals surface area contributed by atoms with Crippen molar-refractivity contribution in [1.82, 2.24) is 4.90 Å². The highest BCUT2D eigenvalue weighted by Crippen LogP contribution is 2.39. The lowest BCUT2D eigenvalue weighted by molar-refractivity contribution is -0.154. The summed E-state index contributed by atoms with van der Waals surface area (Å²) in [6, 6.07) is 33.1. The molecule has 0 saturated carbocycles. The van der Waals surface area contributed by atoms with Gasteiger partial charge in [-0.2, -0.15) is 0 Å². The van der Waals surface area contributed by atoms with Gasteiger partial charge in [0.2, 0.25) is 0 Å². The van der Waals surface area contributed by atoms with Gasteiger partial charge in [-0.3, -0.25) is 14.4 Å². The minimum Gasteiger partial charge on any atom is -0.464 e. The number of ketones is 1. The smallest absolute Gasteiger partial charge is 0.342 e. The molecule has 0 aromatic heterocycles. The standard InChI is InChI=1S/C39H40BrNO6/c1-2-3-4-5-15-22-36(43)46-28-27-41(37(44)31-16-9-6-10-17-31)39(32-18-11-7-12-19-32,33-20-13-8-14-21-33)38(45)47-29-35(42)30-23-25-34(40)26-24-30/h6-14,16-21,23-26H,2-5,15,22,27-29H2,1H3. The molecule has 1 amide bonds. The lowest BCUT2D eigenvalue weighted by Gasteiger charge is -2.42. The van der Waals surface area contributed by atoms with Crippen LogP contribution in [0, 0.1) is 0 Å². The number of benzene rings is 4. The fourth-order valence-electron chi connectivity index (χ4n) is 5.49. The summed E-state index contributed by atoms with van der Waals surface area (Å²) in [6.45, 7) is 1.34. The fourth-order valence-corrected chi connectivity index (χ4v) is 5.76. The Labute approximate surface area is 285 Å². The van der Waals surface area contributed by atoms with Crippen LogP contribution in [0.15, 0.2) is 120 Å². The van der Waals surface area contributed by atoms with Crippen molar-refractivity contribution in [1.29, 1.82) is 0 Å². The van der Waals surface area contributed by atoms with Crippen LogP contribution in [0.2, 0.25) is 0 Å². The van der Waals surface area contributed by atoms with Crippen molar-refractivity contribution in [2.45, 2.75) is 51.0 Å². The summed E-state index contributed by atoms with van der Waals surface area (Å²) in [5.74, 6) is -2.03. The topological polar surface area (TPSA) is 90.0 Å². The summed E-state index contributed by atoms with van der Waals surface area (Å²) in [6.07, 6.45) is 5.24. The molecule has 0 atom stereocenters. The number of carbonyl (C=O) groups excluding carboxylic acids is 4. The third kappa shape index (κ3) is 9.26. The van der Waals surface area contributed by atoms with Gasteiger partial charge in [0.15, 0.2) is 17.9 Å². The Bertz CT molecular complexity index is 1550. The molecule has 4 rings (SSSR count). The highest BCUT2D eigenvalue weighted by atomic mass is 79.9. The molecule has 0 fully saturated rings. The summed E-state index contributed by atoms with van der Waals surface area (Å²) >= 11 is 3.37. The lowest BCUT2D eigenvalue weighted by Crippen LogP contribution is -2.57. The zero-order valence-electron chi connectivity index (χ0n) is 26.6. The Kier molecular flexibility index (Phi) is 13.5. The maximum absolute atomic E-state index is 14.7. The van der Waals surface area contributed by atoms with Crippen LogP contribution in [-0.2, 0) is 24.6 Å². The van der Waals surface area contributed by atoms with Crippen LogP contribution in [0.1, 0.15) is 77.3 Å². The number of ether oxygens (including phenoxy) is 2. The number of halogens is 1. The Morgan fingerprint density at radius 1 is 0.660 bits per heavy atom. The molecule has 0 N–H and O–H groups in total. The Morgan fingerprint density at radius 2 is 1.21 bits per heavy atom. The van der Waals surface area contributed by atoms with Crippen molar-refractivity contribution in [3.8, 4) is 0 Å². The van der Waals surface area contributed by atoms with Crippen LogP contribution in [0.25, 0.3) is 0 Å². The van der Waals surface area contributed by atoms with Crippen molar-refractivity contribution in [2.24, 2.45) is 0 Å². The summed E-state index contributed by atoms with van der Waals surface area (Å²) in [7, 11) is 0. The van der Waals surface area contributed by atoms with E-state index in [0.29, 0.717) is 22.3 Å². The number of amides is 1. The monoisotopic (exact) mass is 697 g/mol. The van der Waals surface area contributed by atoms with E-state index in [-0.39, 0.29) is 25.5 Å². The largest absolute Gasteiger partial charge is 0.464 e. The number of hydrogen-bond acceptors (Lipinski definition) is 6.